The van der Waals surface area contributed by atoms with Crippen LogP contribution in [0.25, 0.3) is 0 Å². The van der Waals surface area contributed by atoms with E-state index in [9.17, 15) is 8.42 Å². The number of rotatable bonds is 5. The summed E-state index contributed by atoms with van der Waals surface area (Å²) in [5.41, 5.74) is 6.12. The van der Waals surface area contributed by atoms with Crippen molar-refractivity contribution in [3.8, 4) is 0 Å². The van der Waals surface area contributed by atoms with Gasteiger partial charge >= 0.3 is 0 Å². The second kappa shape index (κ2) is 9.20. The Kier molecular flexibility index (Phi) is 6.67. The first-order chi connectivity index (χ1) is 15.6. The van der Waals surface area contributed by atoms with Crippen LogP contribution in [0.4, 0.5) is 5.13 Å². The molecule has 33 heavy (non-hydrogen) atoms. The van der Waals surface area contributed by atoms with Gasteiger partial charge in [0.1, 0.15) is 0 Å². The highest BCUT2D eigenvalue weighted by atomic mass is 32.2. The number of nitrogens with zero attached hydrogens (tertiary/aromatic N) is 3. The van der Waals surface area contributed by atoms with E-state index in [1.165, 1.54) is 16.7 Å². The third-order valence-electron chi connectivity index (χ3n) is 6.50. The van der Waals surface area contributed by atoms with Crippen LogP contribution in [0.3, 0.4) is 0 Å². The monoisotopic (exact) mass is 483 g/mol. The summed E-state index contributed by atoms with van der Waals surface area (Å²) in [5, 5.41) is 3.10. The predicted octanol–water partition coefficient (Wildman–Crippen LogP) is 5.16. The van der Waals surface area contributed by atoms with Crippen LogP contribution in [0.5, 0.6) is 0 Å². The average Bonchev–Trinajstić information content (AvgIpc) is 3.25. The lowest BCUT2D eigenvalue weighted by Gasteiger charge is -2.33. The summed E-state index contributed by atoms with van der Waals surface area (Å²) in [6.45, 7) is 12.9. The van der Waals surface area contributed by atoms with Gasteiger partial charge < -0.3 is 4.90 Å². The summed E-state index contributed by atoms with van der Waals surface area (Å²) in [7, 11) is -3.48. The Morgan fingerprint density at radius 1 is 0.970 bits per heavy atom. The number of hydrogen-bond acceptors (Lipinski definition) is 5. The highest BCUT2D eigenvalue weighted by molar-refractivity contribution is 7.89. The summed E-state index contributed by atoms with van der Waals surface area (Å²) in [6.07, 6.45) is 0.822. The van der Waals surface area contributed by atoms with Gasteiger partial charge in [-0.3, -0.25) is 0 Å². The normalized spacial score (nSPS) is 15.7. The minimum Gasteiger partial charge on any atom is -0.345 e. The number of sulfonamides is 1. The number of aryl methyl sites for hydroxylation is 1. The van der Waals surface area contributed by atoms with Gasteiger partial charge in [-0.25, -0.2) is 13.4 Å². The van der Waals surface area contributed by atoms with E-state index in [0.717, 1.165) is 22.8 Å². The van der Waals surface area contributed by atoms with Crippen LogP contribution in [-0.4, -0.2) is 43.9 Å². The zero-order valence-corrected chi connectivity index (χ0v) is 21.8. The fourth-order valence-corrected chi connectivity index (χ4v) is 6.42. The van der Waals surface area contributed by atoms with Crippen LogP contribution < -0.4 is 4.90 Å². The first-order valence-corrected chi connectivity index (χ1v) is 13.7. The molecule has 0 unspecified atom stereocenters. The molecule has 0 aliphatic carbocycles. The van der Waals surface area contributed by atoms with Gasteiger partial charge in [0, 0.05) is 38.0 Å². The van der Waals surface area contributed by atoms with Gasteiger partial charge in [-0.1, -0.05) is 51.1 Å². The molecule has 176 valence electrons. The fraction of sp³-hybridized carbons (Fsp3) is 0.423. The van der Waals surface area contributed by atoms with Crippen LogP contribution in [0.15, 0.2) is 52.7 Å². The second-order valence-electron chi connectivity index (χ2n) is 9.82. The molecule has 0 amide bonds. The van der Waals surface area contributed by atoms with Crippen molar-refractivity contribution in [3.05, 3.63) is 75.8 Å². The second-order valence-corrected chi connectivity index (χ2v) is 12.6. The van der Waals surface area contributed by atoms with Crippen molar-refractivity contribution in [1.82, 2.24) is 9.29 Å². The number of anilines is 1. The highest BCUT2D eigenvalue weighted by Crippen LogP contribution is 2.28. The van der Waals surface area contributed by atoms with Crippen molar-refractivity contribution >= 4 is 26.5 Å². The molecule has 2 aromatic carbocycles. The van der Waals surface area contributed by atoms with E-state index in [1.807, 2.05) is 12.1 Å². The minimum atomic E-state index is -3.48. The Labute approximate surface area is 202 Å². The van der Waals surface area contributed by atoms with E-state index in [4.69, 9.17) is 4.98 Å². The zero-order chi connectivity index (χ0) is 23.8. The molecule has 4 rings (SSSR count). The molecule has 0 N–H and O–H groups in total. The van der Waals surface area contributed by atoms with E-state index in [1.54, 1.807) is 27.8 Å². The quantitative estimate of drug-likeness (QED) is 0.503. The standard InChI is InChI=1S/C26H33N3O2S2/c1-19-7-6-8-21(20(19)2)17-23-18-32-25(27-23)28-13-15-29(16-14-28)33(30,31)24-11-9-22(10-12-24)26(3,4)5/h6-12,18H,13-17H2,1-5H3. The Balaban J connectivity index is 1.40. The van der Waals surface area contributed by atoms with Crippen molar-refractivity contribution in [2.45, 2.75) is 51.3 Å². The summed E-state index contributed by atoms with van der Waals surface area (Å²) in [4.78, 5) is 7.42. The van der Waals surface area contributed by atoms with Crippen molar-refractivity contribution in [2.75, 3.05) is 31.1 Å². The summed E-state index contributed by atoms with van der Waals surface area (Å²) in [6, 6.07) is 13.7. The van der Waals surface area contributed by atoms with E-state index >= 15 is 0 Å². The maximum atomic E-state index is 13.2. The maximum absolute atomic E-state index is 13.2. The zero-order valence-electron chi connectivity index (χ0n) is 20.1. The van der Waals surface area contributed by atoms with Gasteiger partial charge in [-0.05, 0) is 53.6 Å². The Morgan fingerprint density at radius 2 is 1.64 bits per heavy atom. The lowest BCUT2D eigenvalue weighted by Crippen LogP contribution is -2.48. The highest BCUT2D eigenvalue weighted by Gasteiger charge is 2.29. The lowest BCUT2D eigenvalue weighted by molar-refractivity contribution is 0.384. The molecular formula is C26H33N3O2S2. The summed E-state index contributed by atoms with van der Waals surface area (Å²) >= 11 is 1.64. The van der Waals surface area contributed by atoms with Crippen LogP contribution >= 0.6 is 11.3 Å². The molecule has 1 fully saturated rings. The summed E-state index contributed by atoms with van der Waals surface area (Å²) in [5.74, 6) is 0. The molecule has 1 saturated heterocycles. The molecule has 5 nitrogen and oxygen atoms in total. The van der Waals surface area contributed by atoms with Crippen LogP contribution in [0.2, 0.25) is 0 Å². The van der Waals surface area contributed by atoms with Crippen LogP contribution in [-0.2, 0) is 21.9 Å². The molecule has 1 aromatic heterocycles. The van der Waals surface area contributed by atoms with E-state index in [0.29, 0.717) is 31.1 Å². The molecule has 0 spiro atoms. The third kappa shape index (κ3) is 5.15. The molecule has 1 aliphatic heterocycles. The maximum Gasteiger partial charge on any atom is 0.243 e. The van der Waals surface area contributed by atoms with Gasteiger partial charge in [0.05, 0.1) is 10.6 Å². The fourth-order valence-electron chi connectivity index (χ4n) is 4.12. The molecule has 0 bridgehead atoms. The minimum absolute atomic E-state index is 0.00147. The Hall–Kier alpha value is -2.22. The molecule has 0 radical (unpaired) electrons. The van der Waals surface area contributed by atoms with Gasteiger partial charge in [0.2, 0.25) is 10.0 Å². The summed E-state index contributed by atoms with van der Waals surface area (Å²) < 4.78 is 27.9. The van der Waals surface area contributed by atoms with Gasteiger partial charge in [0.25, 0.3) is 0 Å². The first kappa shape index (κ1) is 23.9. The molecule has 1 aliphatic rings. The Morgan fingerprint density at radius 3 is 2.27 bits per heavy atom. The van der Waals surface area contributed by atoms with Gasteiger partial charge in [0.15, 0.2) is 5.13 Å². The molecule has 0 atom stereocenters. The van der Waals surface area contributed by atoms with Crippen LogP contribution in [0.1, 0.15) is 48.7 Å². The molecular weight excluding hydrogens is 450 g/mol. The topological polar surface area (TPSA) is 53.5 Å². The van der Waals surface area contributed by atoms with E-state index < -0.39 is 10.0 Å². The van der Waals surface area contributed by atoms with E-state index in [-0.39, 0.29) is 5.41 Å². The molecule has 2 heterocycles. The first-order valence-electron chi connectivity index (χ1n) is 11.4. The van der Waals surface area contributed by atoms with Crippen molar-refractivity contribution in [2.24, 2.45) is 0 Å². The van der Waals surface area contributed by atoms with Crippen molar-refractivity contribution in [1.29, 1.82) is 0 Å². The predicted molar refractivity (Wildman–Crippen MR) is 137 cm³/mol. The lowest BCUT2D eigenvalue weighted by atomic mass is 9.87. The smallest absolute Gasteiger partial charge is 0.243 e. The van der Waals surface area contributed by atoms with Crippen molar-refractivity contribution in [3.63, 3.8) is 0 Å². The number of hydrogen-bond donors (Lipinski definition) is 0. The van der Waals surface area contributed by atoms with Gasteiger partial charge in [-0.15, -0.1) is 11.3 Å². The molecule has 7 heteroatoms. The molecule has 3 aromatic rings. The van der Waals surface area contributed by atoms with Gasteiger partial charge in [-0.2, -0.15) is 4.31 Å². The number of aromatic nitrogens is 1. The number of thiazole rings is 1. The third-order valence-corrected chi connectivity index (χ3v) is 9.36. The van der Waals surface area contributed by atoms with Crippen molar-refractivity contribution < 1.29 is 8.42 Å². The SMILES string of the molecule is Cc1cccc(Cc2csc(N3CCN(S(=O)(=O)c4ccc(C(C)(C)C)cc4)CC3)n2)c1C. The molecule has 0 saturated carbocycles. The largest absolute Gasteiger partial charge is 0.345 e. The Bertz CT molecular complexity index is 1220. The number of piperazine rings is 1. The van der Waals surface area contributed by atoms with E-state index in [2.05, 4.69) is 63.1 Å². The van der Waals surface area contributed by atoms with Crippen LogP contribution in [0, 0.1) is 13.8 Å². The number of benzene rings is 2. The average molecular weight is 484 g/mol.